The lowest BCUT2D eigenvalue weighted by Gasteiger charge is -2.26. The van der Waals surface area contributed by atoms with Gasteiger partial charge in [0, 0.05) is 63.5 Å². The lowest BCUT2D eigenvalue weighted by molar-refractivity contribution is 0.112. The van der Waals surface area contributed by atoms with E-state index < -0.39 is 11.6 Å². The summed E-state index contributed by atoms with van der Waals surface area (Å²) in [6, 6.07) is 10.4. The quantitative estimate of drug-likeness (QED) is 0.129. The van der Waals surface area contributed by atoms with Crippen molar-refractivity contribution in [2.75, 3.05) is 19.3 Å². The zero-order valence-electron chi connectivity index (χ0n) is 23.4. The van der Waals surface area contributed by atoms with Crippen molar-refractivity contribution in [3.8, 4) is 11.1 Å². The molecule has 39 heavy (non-hydrogen) atoms. The van der Waals surface area contributed by atoms with Crippen LogP contribution in [0.25, 0.3) is 38.6 Å². The van der Waals surface area contributed by atoms with Gasteiger partial charge in [-0.1, -0.05) is 52.5 Å². The van der Waals surface area contributed by atoms with Gasteiger partial charge < -0.3 is 15.6 Å². The third-order valence-corrected chi connectivity index (χ3v) is 6.51. The number of aldehydes is 1. The second-order valence-corrected chi connectivity index (χ2v) is 9.10. The zero-order chi connectivity index (χ0) is 28.7. The Hall–Kier alpha value is -4.19. The molecule has 1 aromatic heterocycles. The number of fused-ring (bicyclic) bond motifs is 3. The van der Waals surface area contributed by atoms with Crippen molar-refractivity contribution in [1.29, 1.82) is 0 Å². The molecule has 0 unspecified atom stereocenters. The molecule has 0 radical (unpaired) electrons. The van der Waals surface area contributed by atoms with Crippen LogP contribution < -0.4 is 5.73 Å². The topological polar surface area (TPSA) is 62.1 Å². The van der Waals surface area contributed by atoms with Crippen LogP contribution in [-0.4, -0.2) is 29.8 Å². The van der Waals surface area contributed by atoms with Gasteiger partial charge in [0.2, 0.25) is 0 Å². The van der Waals surface area contributed by atoms with Crippen LogP contribution in [0.1, 0.15) is 56.5 Å². The van der Waals surface area contributed by atoms with Crippen molar-refractivity contribution in [2.45, 2.75) is 40.5 Å². The number of carbonyl (C=O) groups excluding carboxylic acids is 1. The van der Waals surface area contributed by atoms with Crippen LogP contribution >= 0.6 is 0 Å². The highest BCUT2D eigenvalue weighted by atomic mass is 19.1. The number of benzene rings is 3. The van der Waals surface area contributed by atoms with Crippen LogP contribution in [0.3, 0.4) is 0 Å². The number of likely N-dealkylation sites (N-methyl/N-ethyl adjacent to an activating group) is 1. The van der Waals surface area contributed by atoms with Gasteiger partial charge >= 0.3 is 0 Å². The highest BCUT2D eigenvalue weighted by molar-refractivity contribution is 6.18. The van der Waals surface area contributed by atoms with Crippen LogP contribution in [0.15, 0.2) is 72.8 Å². The van der Waals surface area contributed by atoms with Crippen molar-refractivity contribution in [3.05, 3.63) is 95.6 Å². The molecule has 1 heterocycles. The Morgan fingerprint density at radius 1 is 1.00 bits per heavy atom. The van der Waals surface area contributed by atoms with E-state index in [9.17, 15) is 13.6 Å². The van der Waals surface area contributed by atoms with Crippen molar-refractivity contribution >= 4 is 39.5 Å². The number of aromatic nitrogens is 1. The van der Waals surface area contributed by atoms with Gasteiger partial charge in [0.1, 0.15) is 11.6 Å². The Bertz CT molecular complexity index is 1560. The molecule has 4 rings (SSSR count). The molecule has 0 aliphatic carbocycles. The molecule has 0 amide bonds. The lowest BCUT2D eigenvalue weighted by Crippen LogP contribution is -2.20. The summed E-state index contributed by atoms with van der Waals surface area (Å²) in [5, 5.41) is 1.17. The van der Waals surface area contributed by atoms with Crippen molar-refractivity contribution in [3.63, 3.8) is 0 Å². The number of rotatable bonds is 9. The molecular formula is C33H37F2N3O. The van der Waals surface area contributed by atoms with Crippen molar-refractivity contribution < 1.29 is 13.6 Å². The number of aromatic amines is 1. The lowest BCUT2D eigenvalue weighted by atomic mass is 9.89. The zero-order valence-corrected chi connectivity index (χ0v) is 23.4. The highest BCUT2D eigenvalue weighted by Crippen LogP contribution is 2.41. The molecule has 0 aliphatic rings. The van der Waals surface area contributed by atoms with Gasteiger partial charge in [0.25, 0.3) is 0 Å². The summed E-state index contributed by atoms with van der Waals surface area (Å²) in [6.07, 6.45) is 8.88. The minimum Gasteiger partial charge on any atom is -0.398 e. The Kier molecular flexibility index (Phi) is 9.83. The molecule has 204 valence electrons. The van der Waals surface area contributed by atoms with Gasteiger partial charge in [0.15, 0.2) is 6.29 Å². The van der Waals surface area contributed by atoms with E-state index in [1.54, 1.807) is 6.07 Å². The second kappa shape index (κ2) is 13.1. The van der Waals surface area contributed by atoms with Crippen LogP contribution in [0.5, 0.6) is 0 Å². The van der Waals surface area contributed by atoms with E-state index in [4.69, 9.17) is 5.73 Å². The summed E-state index contributed by atoms with van der Waals surface area (Å²) in [5.41, 5.74) is 11.6. The monoisotopic (exact) mass is 529 g/mol. The first-order valence-electron chi connectivity index (χ1n) is 13.3. The first-order chi connectivity index (χ1) is 18.8. The summed E-state index contributed by atoms with van der Waals surface area (Å²) < 4.78 is 28.6. The van der Waals surface area contributed by atoms with E-state index >= 15 is 0 Å². The summed E-state index contributed by atoms with van der Waals surface area (Å²) in [6.45, 7) is 13.1. The number of nitrogens with two attached hydrogens (primary N) is 1. The van der Waals surface area contributed by atoms with E-state index in [0.717, 1.165) is 24.7 Å². The average molecular weight is 530 g/mol. The number of hydrogen-bond donors (Lipinski definition) is 2. The number of anilines is 1. The van der Waals surface area contributed by atoms with E-state index in [1.807, 2.05) is 31.9 Å². The van der Waals surface area contributed by atoms with E-state index in [-0.39, 0.29) is 0 Å². The summed E-state index contributed by atoms with van der Waals surface area (Å²) in [4.78, 5) is 17.9. The average Bonchev–Trinajstić information content (AvgIpc) is 3.30. The molecule has 3 aromatic carbocycles. The smallest absolute Gasteiger partial charge is 0.151 e. The molecule has 0 atom stereocenters. The van der Waals surface area contributed by atoms with E-state index in [0.29, 0.717) is 62.0 Å². The van der Waals surface area contributed by atoms with Gasteiger partial charge in [-0.05, 0) is 66.4 Å². The van der Waals surface area contributed by atoms with Gasteiger partial charge in [-0.25, -0.2) is 8.78 Å². The maximum Gasteiger partial charge on any atom is 0.151 e. The Labute approximate surface area is 229 Å². The number of allylic oxidation sites excluding steroid dienone is 2. The van der Waals surface area contributed by atoms with Crippen LogP contribution in [0.4, 0.5) is 14.5 Å². The minimum atomic E-state index is -0.446. The largest absolute Gasteiger partial charge is 0.398 e. The molecule has 0 saturated heterocycles. The first kappa shape index (κ1) is 29.4. The van der Waals surface area contributed by atoms with Crippen LogP contribution in [-0.2, 0) is 0 Å². The summed E-state index contributed by atoms with van der Waals surface area (Å²) in [5.74, 6) is -0.850. The molecule has 0 spiro atoms. The molecular weight excluding hydrogens is 492 g/mol. The van der Waals surface area contributed by atoms with Crippen molar-refractivity contribution in [2.24, 2.45) is 0 Å². The summed E-state index contributed by atoms with van der Waals surface area (Å²) >= 11 is 0. The maximum absolute atomic E-state index is 14.4. The number of nitrogen functional groups attached to an aromatic ring is 1. The standard InChI is InChI=1S/C31H31F2N3O.C2H6/c1-5-7-9-20(8-6-2)17-36(4)19(3)30-24(23-14-21(32)10-12-27(23)34)16-29-31(26(30)18-37)25-15-22(33)11-13-28(25)35-29;1-2/h7-16,18,35H,3,5-6,17,34H2,1-2,4H3;1-2H3/b9-7-,20-8+;. The third kappa shape index (κ3) is 6.11. The van der Waals surface area contributed by atoms with Crippen molar-refractivity contribution in [1.82, 2.24) is 9.88 Å². The number of nitrogens with one attached hydrogen (secondary N) is 1. The Balaban J connectivity index is 0.00000205. The minimum absolute atomic E-state index is 0.343. The number of hydrogen-bond acceptors (Lipinski definition) is 3. The molecule has 4 aromatic rings. The number of H-pyrrole nitrogens is 1. The predicted molar refractivity (Wildman–Crippen MR) is 162 cm³/mol. The molecule has 0 bridgehead atoms. The highest BCUT2D eigenvalue weighted by Gasteiger charge is 2.23. The molecule has 0 aliphatic heterocycles. The maximum atomic E-state index is 14.4. The number of carbonyl (C=O) groups is 1. The Morgan fingerprint density at radius 3 is 2.36 bits per heavy atom. The molecule has 4 nitrogen and oxygen atoms in total. The SMILES string of the molecule is C=C(c1c(-c2cc(F)ccc2N)cc2[nH]c3ccc(F)cc3c2c1C=O)N(C)CC(/C=C\CC)=C/CC.CC. The van der Waals surface area contributed by atoms with Gasteiger partial charge in [-0.3, -0.25) is 4.79 Å². The van der Waals surface area contributed by atoms with Gasteiger partial charge in [0.05, 0.1) is 0 Å². The van der Waals surface area contributed by atoms with Gasteiger partial charge in [-0.15, -0.1) is 0 Å². The second-order valence-electron chi connectivity index (χ2n) is 9.10. The van der Waals surface area contributed by atoms with Crippen LogP contribution in [0, 0.1) is 11.6 Å². The Morgan fingerprint density at radius 2 is 1.69 bits per heavy atom. The van der Waals surface area contributed by atoms with E-state index in [1.165, 1.54) is 30.3 Å². The number of nitrogens with zero attached hydrogens (tertiary/aromatic N) is 1. The third-order valence-electron chi connectivity index (χ3n) is 6.51. The molecule has 3 N–H and O–H groups in total. The predicted octanol–water partition coefficient (Wildman–Crippen LogP) is 8.89. The molecule has 0 saturated carbocycles. The fraction of sp³-hybridized carbons (Fsp3) is 0.242. The normalized spacial score (nSPS) is 11.6. The molecule has 0 fully saturated rings. The van der Waals surface area contributed by atoms with Crippen LogP contribution in [0.2, 0.25) is 0 Å². The van der Waals surface area contributed by atoms with E-state index in [2.05, 4.69) is 43.6 Å². The molecule has 6 heteroatoms. The fourth-order valence-electron chi connectivity index (χ4n) is 4.75. The summed E-state index contributed by atoms with van der Waals surface area (Å²) in [7, 11) is 1.90. The van der Waals surface area contributed by atoms with Gasteiger partial charge in [-0.2, -0.15) is 0 Å². The number of halogens is 2. The first-order valence-corrected chi connectivity index (χ1v) is 13.3. The fourth-order valence-corrected chi connectivity index (χ4v) is 4.75.